The summed E-state index contributed by atoms with van der Waals surface area (Å²) in [5.41, 5.74) is 0.206. The smallest absolute Gasteiger partial charge is 0.410 e. The molecule has 1 aliphatic rings. The summed E-state index contributed by atoms with van der Waals surface area (Å²) >= 11 is 5.90. The van der Waals surface area contributed by atoms with Crippen LogP contribution in [0, 0.1) is 5.82 Å². The van der Waals surface area contributed by atoms with Gasteiger partial charge < -0.3 is 15.0 Å². The van der Waals surface area contributed by atoms with Crippen molar-refractivity contribution in [2.75, 3.05) is 13.1 Å². The number of halogens is 2. The van der Waals surface area contributed by atoms with Crippen LogP contribution in [0.1, 0.15) is 19.4 Å². The first-order chi connectivity index (χ1) is 9.50. The molecule has 2 rings (SSSR count). The molecule has 0 saturated carbocycles. The monoisotopic (exact) mass is 300 g/mol. The third-order valence-electron chi connectivity index (χ3n) is 3.44. The second-order valence-electron chi connectivity index (χ2n) is 5.02. The number of hydrogen-bond donors (Lipinski definition) is 1. The molecule has 1 N–H and O–H groups in total. The van der Waals surface area contributed by atoms with Crippen molar-refractivity contribution in [1.82, 2.24) is 10.2 Å². The predicted molar refractivity (Wildman–Crippen MR) is 75.2 cm³/mol. The van der Waals surface area contributed by atoms with Crippen molar-refractivity contribution in [3.63, 3.8) is 0 Å². The highest BCUT2D eigenvalue weighted by atomic mass is 35.5. The molecule has 6 heteroatoms. The van der Waals surface area contributed by atoms with Gasteiger partial charge in [-0.15, -0.1) is 0 Å². The summed E-state index contributed by atoms with van der Waals surface area (Å²) in [4.78, 5) is 13.8. The lowest BCUT2D eigenvalue weighted by molar-refractivity contribution is 0.0558. The first kappa shape index (κ1) is 15.1. The number of ether oxygens (including phenoxy) is 1. The van der Waals surface area contributed by atoms with Crippen LogP contribution in [-0.4, -0.2) is 36.2 Å². The summed E-state index contributed by atoms with van der Waals surface area (Å²) in [6.07, 6.45) is -0.439. The van der Waals surface area contributed by atoms with Gasteiger partial charge in [0.2, 0.25) is 0 Å². The van der Waals surface area contributed by atoms with E-state index >= 15 is 0 Å². The van der Waals surface area contributed by atoms with E-state index in [0.29, 0.717) is 0 Å². The Balaban J connectivity index is 2.01. The highest BCUT2D eigenvalue weighted by molar-refractivity contribution is 6.31. The first-order valence-electron chi connectivity index (χ1n) is 6.59. The first-order valence-corrected chi connectivity index (χ1v) is 6.97. The average Bonchev–Trinajstić information content (AvgIpc) is 2.38. The largest absolute Gasteiger partial charge is 0.444 e. The number of carbonyl (C=O) groups is 1. The topological polar surface area (TPSA) is 41.6 Å². The Morgan fingerprint density at radius 2 is 2.10 bits per heavy atom. The van der Waals surface area contributed by atoms with Crippen LogP contribution in [0.5, 0.6) is 0 Å². The normalized spacial score (nSPS) is 22.7. The lowest BCUT2D eigenvalue weighted by atomic mass is 10.1. The molecule has 1 aliphatic heterocycles. The van der Waals surface area contributed by atoms with E-state index in [9.17, 15) is 9.18 Å². The Kier molecular flexibility index (Phi) is 4.83. The maximum atomic E-state index is 13.6. The van der Waals surface area contributed by atoms with E-state index in [1.54, 1.807) is 11.0 Å². The number of benzene rings is 1. The molecular weight excluding hydrogens is 283 g/mol. The van der Waals surface area contributed by atoms with Crippen molar-refractivity contribution in [2.24, 2.45) is 0 Å². The van der Waals surface area contributed by atoms with E-state index < -0.39 is 11.9 Å². The molecule has 2 unspecified atom stereocenters. The number of hydrogen-bond acceptors (Lipinski definition) is 3. The standard InChI is InChI=1S/C14H18ClFN2O2/c1-9-6-17-7-10(2)18(9)14(19)20-8-11-12(15)4-3-5-13(11)16/h3-5,9-10,17H,6-8H2,1-2H3. The summed E-state index contributed by atoms with van der Waals surface area (Å²) < 4.78 is 18.8. The molecule has 1 aromatic rings. The van der Waals surface area contributed by atoms with E-state index in [1.165, 1.54) is 12.1 Å². The summed E-state index contributed by atoms with van der Waals surface area (Å²) in [6.45, 7) is 5.17. The molecule has 1 aromatic carbocycles. The zero-order valence-electron chi connectivity index (χ0n) is 11.5. The molecule has 2 atom stereocenters. The lowest BCUT2D eigenvalue weighted by Gasteiger charge is -2.38. The van der Waals surface area contributed by atoms with Crippen LogP contribution < -0.4 is 5.32 Å². The van der Waals surface area contributed by atoms with Crippen molar-refractivity contribution in [2.45, 2.75) is 32.5 Å². The second-order valence-corrected chi connectivity index (χ2v) is 5.43. The molecule has 1 saturated heterocycles. The van der Waals surface area contributed by atoms with Crippen molar-refractivity contribution in [3.05, 3.63) is 34.6 Å². The Morgan fingerprint density at radius 1 is 1.45 bits per heavy atom. The second kappa shape index (κ2) is 6.41. The SMILES string of the molecule is CC1CNCC(C)N1C(=O)OCc1c(F)cccc1Cl. The third kappa shape index (κ3) is 3.22. The van der Waals surface area contributed by atoms with E-state index in [0.717, 1.165) is 13.1 Å². The van der Waals surface area contributed by atoms with Gasteiger partial charge in [-0.25, -0.2) is 9.18 Å². The fourth-order valence-corrected chi connectivity index (χ4v) is 2.59. The molecule has 20 heavy (non-hydrogen) atoms. The van der Waals surface area contributed by atoms with Crippen molar-refractivity contribution in [3.8, 4) is 0 Å². The van der Waals surface area contributed by atoms with Gasteiger partial charge in [0.25, 0.3) is 0 Å². The van der Waals surface area contributed by atoms with Crippen LogP contribution in [0.15, 0.2) is 18.2 Å². The number of rotatable bonds is 2. The minimum atomic E-state index is -0.466. The van der Waals surface area contributed by atoms with Crippen LogP contribution in [0.2, 0.25) is 5.02 Å². The molecule has 1 amide bonds. The average molecular weight is 301 g/mol. The fraction of sp³-hybridized carbons (Fsp3) is 0.500. The zero-order chi connectivity index (χ0) is 14.7. The summed E-state index contributed by atoms with van der Waals surface area (Å²) in [7, 11) is 0. The summed E-state index contributed by atoms with van der Waals surface area (Å²) in [6, 6.07) is 4.47. The van der Waals surface area contributed by atoms with Crippen LogP contribution in [0.3, 0.4) is 0 Å². The number of nitrogens with zero attached hydrogens (tertiary/aromatic N) is 1. The molecule has 0 spiro atoms. The summed E-state index contributed by atoms with van der Waals surface area (Å²) in [5, 5.41) is 3.49. The van der Waals surface area contributed by atoms with E-state index in [-0.39, 0.29) is 29.3 Å². The fourth-order valence-electron chi connectivity index (χ4n) is 2.37. The van der Waals surface area contributed by atoms with E-state index in [2.05, 4.69) is 5.32 Å². The van der Waals surface area contributed by atoms with Gasteiger partial charge in [0.05, 0.1) is 5.02 Å². The number of carbonyl (C=O) groups excluding carboxylic acids is 1. The van der Waals surface area contributed by atoms with Crippen LogP contribution in [0.25, 0.3) is 0 Å². The maximum absolute atomic E-state index is 13.6. The van der Waals surface area contributed by atoms with Crippen LogP contribution in [-0.2, 0) is 11.3 Å². The molecule has 4 nitrogen and oxygen atoms in total. The Labute approximate surface area is 122 Å². The number of amides is 1. The van der Waals surface area contributed by atoms with Gasteiger partial charge in [0.15, 0.2) is 0 Å². The Hall–Kier alpha value is -1.33. The Morgan fingerprint density at radius 3 is 2.70 bits per heavy atom. The molecule has 0 radical (unpaired) electrons. The third-order valence-corrected chi connectivity index (χ3v) is 3.80. The van der Waals surface area contributed by atoms with Crippen LogP contribution >= 0.6 is 11.6 Å². The summed E-state index contributed by atoms with van der Waals surface area (Å²) in [5.74, 6) is -0.466. The molecule has 0 aliphatic carbocycles. The van der Waals surface area contributed by atoms with Gasteiger partial charge >= 0.3 is 6.09 Å². The maximum Gasteiger partial charge on any atom is 0.410 e. The van der Waals surface area contributed by atoms with Gasteiger partial charge in [-0.2, -0.15) is 0 Å². The van der Waals surface area contributed by atoms with Gasteiger partial charge in [0.1, 0.15) is 12.4 Å². The number of piperazine rings is 1. The molecule has 1 fully saturated rings. The predicted octanol–water partition coefficient (Wildman–Crippen LogP) is 2.80. The highest BCUT2D eigenvalue weighted by Crippen LogP contribution is 2.21. The molecular formula is C14H18ClFN2O2. The van der Waals surface area contributed by atoms with Gasteiger partial charge in [-0.1, -0.05) is 17.7 Å². The quantitative estimate of drug-likeness (QED) is 0.913. The van der Waals surface area contributed by atoms with Gasteiger partial charge in [-0.05, 0) is 26.0 Å². The molecule has 0 bridgehead atoms. The zero-order valence-corrected chi connectivity index (χ0v) is 12.3. The van der Waals surface area contributed by atoms with Gasteiger partial charge in [-0.3, -0.25) is 0 Å². The van der Waals surface area contributed by atoms with Crippen LogP contribution in [0.4, 0.5) is 9.18 Å². The molecule has 0 aromatic heterocycles. The van der Waals surface area contributed by atoms with Crippen molar-refractivity contribution in [1.29, 1.82) is 0 Å². The molecule has 110 valence electrons. The van der Waals surface area contributed by atoms with E-state index in [4.69, 9.17) is 16.3 Å². The van der Waals surface area contributed by atoms with Gasteiger partial charge in [0, 0.05) is 30.7 Å². The molecule has 1 heterocycles. The van der Waals surface area contributed by atoms with Crippen molar-refractivity contribution < 1.29 is 13.9 Å². The van der Waals surface area contributed by atoms with E-state index in [1.807, 2.05) is 13.8 Å². The lowest BCUT2D eigenvalue weighted by Crippen LogP contribution is -2.57. The minimum Gasteiger partial charge on any atom is -0.444 e. The minimum absolute atomic E-state index is 0.0438. The number of nitrogens with one attached hydrogen (secondary N) is 1. The van der Waals surface area contributed by atoms with Crippen molar-refractivity contribution >= 4 is 17.7 Å². The Bertz CT molecular complexity index is 468. The highest BCUT2D eigenvalue weighted by Gasteiger charge is 2.30.